The average Bonchev–Trinajstić information content (AvgIpc) is 2.28. The summed E-state index contributed by atoms with van der Waals surface area (Å²) in [5.74, 6) is 0.326. The Kier molecular flexibility index (Phi) is 5.25. The monoisotopic (exact) mass is 512 g/mol. The molecule has 0 bridgehead atoms. The molecule has 5 heteroatoms. The number of benzene rings is 1. The van der Waals surface area contributed by atoms with E-state index in [9.17, 15) is 5.11 Å². The van der Waals surface area contributed by atoms with Gasteiger partial charge >= 0.3 is 0 Å². The van der Waals surface area contributed by atoms with Crippen molar-refractivity contribution in [2.24, 2.45) is 4.99 Å². The van der Waals surface area contributed by atoms with E-state index < -0.39 is 0 Å². The van der Waals surface area contributed by atoms with E-state index in [4.69, 9.17) is 4.99 Å². The minimum atomic E-state index is 0.0886. The van der Waals surface area contributed by atoms with E-state index >= 15 is 0 Å². The van der Waals surface area contributed by atoms with Crippen molar-refractivity contribution >= 4 is 51.4 Å². The van der Waals surface area contributed by atoms with Crippen molar-refractivity contribution in [3.8, 4) is 5.75 Å². The quantitative estimate of drug-likeness (QED) is 0.458. The molecular formula is C16H22I2N2O. The lowest BCUT2D eigenvalue weighted by Crippen LogP contribution is -2.58. The zero-order valence-electron chi connectivity index (χ0n) is 12.9. The number of aliphatic imine (C=N–C) groups is 1. The topological polar surface area (TPSA) is 44.6 Å². The molecule has 0 radical (unpaired) electrons. The Morgan fingerprint density at radius 2 is 1.76 bits per heavy atom. The van der Waals surface area contributed by atoms with E-state index in [0.29, 0.717) is 5.75 Å². The van der Waals surface area contributed by atoms with Gasteiger partial charge in [-0.15, -0.1) is 0 Å². The van der Waals surface area contributed by atoms with Gasteiger partial charge in [0.2, 0.25) is 0 Å². The minimum absolute atomic E-state index is 0.0886. The number of rotatable bonds is 2. The van der Waals surface area contributed by atoms with Crippen LogP contribution in [0, 0.1) is 7.14 Å². The van der Waals surface area contributed by atoms with Crippen LogP contribution < -0.4 is 5.32 Å². The van der Waals surface area contributed by atoms with Gasteiger partial charge in [0.05, 0.1) is 9.61 Å². The van der Waals surface area contributed by atoms with Crippen LogP contribution in [0.15, 0.2) is 17.1 Å². The van der Waals surface area contributed by atoms with Gasteiger partial charge in [0.15, 0.2) is 0 Å². The summed E-state index contributed by atoms with van der Waals surface area (Å²) >= 11 is 4.42. The summed E-state index contributed by atoms with van der Waals surface area (Å²) in [7, 11) is 0. The predicted molar refractivity (Wildman–Crippen MR) is 105 cm³/mol. The SMILES string of the molecule is CC1(C)CC(N=Cc2cc(I)cc(I)c2O)CC(C)(C)N1. The van der Waals surface area contributed by atoms with Gasteiger partial charge in [-0.2, -0.15) is 0 Å². The van der Waals surface area contributed by atoms with Gasteiger partial charge in [0.25, 0.3) is 0 Å². The minimum Gasteiger partial charge on any atom is -0.506 e. The molecule has 1 saturated heterocycles. The molecule has 1 fully saturated rings. The van der Waals surface area contributed by atoms with Crippen molar-refractivity contribution in [2.75, 3.05) is 0 Å². The highest BCUT2D eigenvalue weighted by Gasteiger charge is 2.37. The number of hydrogen-bond donors (Lipinski definition) is 2. The molecule has 2 rings (SSSR count). The molecule has 1 heterocycles. The van der Waals surface area contributed by atoms with Crippen LogP contribution in [-0.2, 0) is 0 Å². The third-order valence-electron chi connectivity index (χ3n) is 3.65. The first-order valence-corrected chi connectivity index (χ1v) is 9.24. The van der Waals surface area contributed by atoms with Crippen LogP contribution in [0.5, 0.6) is 5.75 Å². The number of nitrogens with zero attached hydrogens (tertiary/aromatic N) is 1. The van der Waals surface area contributed by atoms with Crippen LogP contribution in [0.2, 0.25) is 0 Å². The molecule has 0 unspecified atom stereocenters. The van der Waals surface area contributed by atoms with Gasteiger partial charge in [0.1, 0.15) is 5.75 Å². The Bertz CT molecular complexity index is 552. The normalized spacial score (nSPS) is 21.8. The molecule has 1 aromatic carbocycles. The second-order valence-corrected chi connectivity index (χ2v) is 9.47. The second kappa shape index (κ2) is 6.31. The first-order valence-electron chi connectivity index (χ1n) is 7.08. The van der Waals surface area contributed by atoms with E-state index in [1.54, 1.807) is 0 Å². The molecule has 1 aliphatic heterocycles. The number of phenols is 1. The Morgan fingerprint density at radius 1 is 1.19 bits per heavy atom. The standard InChI is InChI=1S/C16H22I2N2O/c1-15(2)7-12(8-16(3,4)20-15)19-9-10-5-11(17)6-13(18)14(10)21/h5-6,9,12,20-21H,7-8H2,1-4H3. The summed E-state index contributed by atoms with van der Waals surface area (Å²) in [6.45, 7) is 8.90. The third-order valence-corrected chi connectivity index (χ3v) is 5.10. The van der Waals surface area contributed by atoms with Crippen LogP contribution in [0.1, 0.15) is 46.1 Å². The highest BCUT2D eigenvalue weighted by molar-refractivity contribution is 14.1. The molecule has 0 aliphatic carbocycles. The van der Waals surface area contributed by atoms with Crippen LogP contribution in [0.25, 0.3) is 0 Å². The van der Waals surface area contributed by atoms with Crippen molar-refractivity contribution in [1.29, 1.82) is 0 Å². The van der Waals surface area contributed by atoms with E-state index in [2.05, 4.69) is 78.2 Å². The average molecular weight is 512 g/mol. The van der Waals surface area contributed by atoms with Gasteiger partial charge in [-0.1, -0.05) is 0 Å². The van der Waals surface area contributed by atoms with Crippen molar-refractivity contribution in [3.63, 3.8) is 0 Å². The van der Waals surface area contributed by atoms with Gasteiger partial charge in [-0.3, -0.25) is 4.99 Å². The van der Waals surface area contributed by atoms with Crippen molar-refractivity contribution in [1.82, 2.24) is 5.32 Å². The maximum absolute atomic E-state index is 10.1. The maximum Gasteiger partial charge on any atom is 0.137 e. The van der Waals surface area contributed by atoms with E-state index in [-0.39, 0.29) is 17.1 Å². The molecule has 0 amide bonds. The van der Waals surface area contributed by atoms with Gasteiger partial charge in [0, 0.05) is 26.4 Å². The predicted octanol–water partition coefficient (Wildman–Crippen LogP) is 4.33. The Labute approximate surface area is 154 Å². The van der Waals surface area contributed by atoms with Crippen LogP contribution >= 0.6 is 45.2 Å². The van der Waals surface area contributed by atoms with Gasteiger partial charge in [-0.05, 0) is 97.9 Å². The summed E-state index contributed by atoms with van der Waals surface area (Å²) in [6.07, 6.45) is 3.85. The van der Waals surface area contributed by atoms with E-state index in [1.807, 2.05) is 18.3 Å². The lowest BCUT2D eigenvalue weighted by Gasteiger charge is -2.45. The molecule has 0 spiro atoms. The number of phenolic OH excluding ortho intramolecular Hbond substituents is 1. The highest BCUT2D eigenvalue weighted by Crippen LogP contribution is 2.31. The maximum atomic E-state index is 10.1. The number of hydrogen-bond acceptors (Lipinski definition) is 3. The Balaban J connectivity index is 2.21. The lowest BCUT2D eigenvalue weighted by molar-refractivity contribution is 0.164. The number of piperidine rings is 1. The van der Waals surface area contributed by atoms with Crippen molar-refractivity contribution in [3.05, 3.63) is 24.8 Å². The molecule has 0 atom stereocenters. The fourth-order valence-corrected chi connectivity index (χ4v) is 5.13. The van der Waals surface area contributed by atoms with E-state index in [1.165, 1.54) is 0 Å². The fourth-order valence-electron chi connectivity index (χ4n) is 3.24. The van der Waals surface area contributed by atoms with Crippen LogP contribution in [-0.4, -0.2) is 28.4 Å². The molecular weight excluding hydrogens is 490 g/mol. The van der Waals surface area contributed by atoms with E-state index in [0.717, 1.165) is 25.5 Å². The summed E-state index contributed by atoms with van der Waals surface area (Å²) in [5.41, 5.74) is 0.983. The number of aromatic hydroxyl groups is 1. The first-order chi connectivity index (χ1) is 9.58. The summed E-state index contributed by atoms with van der Waals surface area (Å²) in [5, 5.41) is 13.8. The molecule has 2 N–H and O–H groups in total. The summed E-state index contributed by atoms with van der Waals surface area (Å²) in [4.78, 5) is 4.76. The zero-order chi connectivity index (χ0) is 15.8. The van der Waals surface area contributed by atoms with Gasteiger partial charge < -0.3 is 10.4 Å². The molecule has 3 nitrogen and oxygen atoms in total. The van der Waals surface area contributed by atoms with Crippen molar-refractivity contribution < 1.29 is 5.11 Å². The van der Waals surface area contributed by atoms with Crippen LogP contribution in [0.4, 0.5) is 0 Å². The van der Waals surface area contributed by atoms with Gasteiger partial charge in [-0.25, -0.2) is 0 Å². The van der Waals surface area contributed by atoms with Crippen molar-refractivity contribution in [2.45, 2.75) is 57.7 Å². The molecule has 0 aromatic heterocycles. The number of nitrogens with one attached hydrogen (secondary N) is 1. The fraction of sp³-hybridized carbons (Fsp3) is 0.562. The molecule has 1 aromatic rings. The largest absolute Gasteiger partial charge is 0.506 e. The smallest absolute Gasteiger partial charge is 0.137 e. The third kappa shape index (κ3) is 4.79. The first kappa shape index (κ1) is 17.5. The molecule has 1 aliphatic rings. The highest BCUT2D eigenvalue weighted by atomic mass is 127. The molecule has 116 valence electrons. The molecule has 0 saturated carbocycles. The number of halogens is 2. The van der Waals surface area contributed by atoms with Crippen LogP contribution in [0.3, 0.4) is 0 Å². The second-order valence-electron chi connectivity index (χ2n) is 7.06. The lowest BCUT2D eigenvalue weighted by atomic mass is 9.80. The Hall–Kier alpha value is 0.110. The summed E-state index contributed by atoms with van der Waals surface area (Å²) in [6, 6.07) is 4.22. The summed E-state index contributed by atoms with van der Waals surface area (Å²) < 4.78 is 1.98. The zero-order valence-corrected chi connectivity index (χ0v) is 17.2. The Morgan fingerprint density at radius 3 is 2.33 bits per heavy atom. The molecule has 21 heavy (non-hydrogen) atoms.